The van der Waals surface area contributed by atoms with Gasteiger partial charge >= 0.3 is 80.8 Å². The quantitative estimate of drug-likeness (QED) is 0.421. The molecule has 4 N–H and O–H groups in total. The second kappa shape index (κ2) is 14.9. The molecule has 8 nitrogen and oxygen atoms in total. The first-order valence-electron chi connectivity index (χ1n) is 6.86. The summed E-state index contributed by atoms with van der Waals surface area (Å²) in [6.07, 6.45) is 0. The Morgan fingerprint density at radius 2 is 1.54 bits per heavy atom. The monoisotopic (exact) mass is 458 g/mol. The molecule has 0 amide bonds. The Labute approximate surface area is 199 Å². The Morgan fingerprint density at radius 1 is 1.04 bits per heavy atom. The van der Waals surface area contributed by atoms with E-state index in [9.17, 15) is 9.59 Å². The van der Waals surface area contributed by atoms with E-state index in [-0.39, 0.29) is 80.0 Å². The number of nitrogens with zero attached hydrogens (tertiary/aromatic N) is 1. The van der Waals surface area contributed by atoms with Crippen LogP contribution in [0.5, 0.6) is 0 Å². The number of benzene rings is 1. The van der Waals surface area contributed by atoms with Crippen molar-refractivity contribution in [2.45, 2.75) is 13.8 Å². The van der Waals surface area contributed by atoms with E-state index >= 15 is 0 Å². The first-order valence-corrected chi connectivity index (χ1v) is 6.86. The van der Waals surface area contributed by atoms with Crippen LogP contribution in [-0.2, 0) is 4.79 Å². The third-order valence-electron chi connectivity index (χ3n) is 2.61. The molecule has 0 saturated carbocycles. The van der Waals surface area contributed by atoms with Crippen molar-refractivity contribution >= 4 is 17.9 Å². The number of aromatic carboxylic acids is 2. The number of aliphatic carboxylic acids is 1. The summed E-state index contributed by atoms with van der Waals surface area (Å²) in [5.74, 6) is -3.07. The number of carboxylic acid groups (broad SMARTS) is 3. The minimum absolute atomic E-state index is 0. The largest absolute Gasteiger partial charge is 1.00 e. The number of rotatable bonds is 2. The van der Waals surface area contributed by atoms with Crippen LogP contribution in [0.2, 0.25) is 0 Å². The standard InChI is InChI=1S/C9H8O4.C4H9N2.C2H4O2.Cs/c1-5-2-3-6(8(10)11)4-7(5)9(12)13;1-2-6-4-3-5-1;1-2(3)4;/h2-4H,1H3,(H,10,11)(H,12,13);5H,1-4H2;1H3,(H,3,4);/q;-1;;+1. The van der Waals surface area contributed by atoms with Gasteiger partial charge in [0.1, 0.15) is 0 Å². The molecule has 1 aliphatic rings. The van der Waals surface area contributed by atoms with Gasteiger partial charge in [-0.2, -0.15) is 0 Å². The molecule has 0 atom stereocenters. The number of nitrogens with one attached hydrogen (secondary N) is 1. The van der Waals surface area contributed by atoms with Crippen LogP contribution in [0.4, 0.5) is 0 Å². The number of hydrogen-bond donors (Lipinski definition) is 4. The summed E-state index contributed by atoms with van der Waals surface area (Å²) < 4.78 is 0. The fourth-order valence-corrected chi connectivity index (χ4v) is 1.54. The number of carboxylic acids is 3. The zero-order valence-electron chi connectivity index (χ0n) is 14.1. The first-order chi connectivity index (χ1) is 10.8. The molecule has 0 radical (unpaired) electrons. The van der Waals surface area contributed by atoms with E-state index in [1.54, 1.807) is 6.92 Å². The van der Waals surface area contributed by atoms with Gasteiger partial charge in [-0.05, 0) is 37.7 Å². The maximum atomic E-state index is 10.6. The molecule has 2 rings (SSSR count). The average molecular weight is 458 g/mol. The van der Waals surface area contributed by atoms with Crippen LogP contribution in [-0.4, -0.2) is 59.4 Å². The van der Waals surface area contributed by atoms with Crippen molar-refractivity contribution in [2.75, 3.05) is 26.2 Å². The van der Waals surface area contributed by atoms with Gasteiger partial charge in [-0.25, -0.2) is 9.59 Å². The topological polar surface area (TPSA) is 138 Å². The molecule has 1 fully saturated rings. The summed E-state index contributed by atoms with van der Waals surface area (Å²) in [7, 11) is 0. The van der Waals surface area contributed by atoms with E-state index in [0.717, 1.165) is 39.2 Å². The van der Waals surface area contributed by atoms with Gasteiger partial charge in [0, 0.05) is 6.92 Å². The van der Waals surface area contributed by atoms with Crippen LogP contribution < -0.4 is 74.2 Å². The predicted octanol–water partition coefficient (Wildman–Crippen LogP) is -1.55. The van der Waals surface area contributed by atoms with Crippen molar-refractivity contribution < 1.29 is 98.6 Å². The minimum Gasteiger partial charge on any atom is -0.660 e. The van der Waals surface area contributed by atoms with E-state index in [4.69, 9.17) is 20.1 Å². The van der Waals surface area contributed by atoms with E-state index in [0.29, 0.717) is 5.56 Å². The molecule has 1 saturated heterocycles. The third-order valence-corrected chi connectivity index (χ3v) is 2.61. The third kappa shape index (κ3) is 13.0. The number of piperazine rings is 1. The van der Waals surface area contributed by atoms with Gasteiger partial charge in [0.2, 0.25) is 0 Å². The SMILES string of the molecule is C1CNCC[N-]1.CC(=O)O.Cc1ccc(C(=O)O)cc1C(=O)O.[Cs+]. The number of hydrogen-bond acceptors (Lipinski definition) is 4. The molecule has 128 valence electrons. The summed E-state index contributed by atoms with van der Waals surface area (Å²) in [6, 6.07) is 4.01. The van der Waals surface area contributed by atoms with Gasteiger partial charge < -0.3 is 26.0 Å². The normalized spacial score (nSPS) is 12.2. The van der Waals surface area contributed by atoms with Crippen molar-refractivity contribution in [3.63, 3.8) is 0 Å². The second-order valence-electron chi connectivity index (χ2n) is 4.58. The molecule has 1 aliphatic heterocycles. The van der Waals surface area contributed by atoms with Crippen molar-refractivity contribution in [3.05, 3.63) is 40.2 Å². The van der Waals surface area contributed by atoms with Crippen LogP contribution >= 0.6 is 0 Å². The van der Waals surface area contributed by atoms with Crippen molar-refractivity contribution in [2.24, 2.45) is 0 Å². The summed E-state index contributed by atoms with van der Waals surface area (Å²) in [6.45, 7) is 6.90. The Hall–Kier alpha value is -0.398. The molecular formula is C15H21CsN2O6. The summed E-state index contributed by atoms with van der Waals surface area (Å²) >= 11 is 0. The fourth-order valence-electron chi connectivity index (χ4n) is 1.54. The van der Waals surface area contributed by atoms with Crippen LogP contribution in [0.15, 0.2) is 18.2 Å². The van der Waals surface area contributed by atoms with Crippen molar-refractivity contribution in [3.8, 4) is 0 Å². The molecule has 9 heteroatoms. The molecule has 0 bridgehead atoms. The number of carbonyl (C=O) groups is 3. The Bertz CT molecular complexity index is 531. The maximum Gasteiger partial charge on any atom is 1.00 e. The van der Waals surface area contributed by atoms with E-state index in [1.807, 2.05) is 0 Å². The minimum atomic E-state index is -1.12. The molecule has 24 heavy (non-hydrogen) atoms. The predicted molar refractivity (Wildman–Crippen MR) is 84.4 cm³/mol. The molecule has 0 aliphatic carbocycles. The van der Waals surface area contributed by atoms with Crippen LogP contribution in [0.25, 0.3) is 5.32 Å². The molecule has 1 aromatic carbocycles. The van der Waals surface area contributed by atoms with Gasteiger partial charge in [-0.15, -0.1) is 13.1 Å². The molecule has 1 heterocycles. The smallest absolute Gasteiger partial charge is 0.660 e. The Morgan fingerprint density at radius 3 is 1.83 bits per heavy atom. The average Bonchev–Trinajstić information content (AvgIpc) is 2.49. The van der Waals surface area contributed by atoms with Gasteiger partial charge in [0.25, 0.3) is 5.97 Å². The van der Waals surface area contributed by atoms with Crippen LogP contribution in [0.3, 0.4) is 0 Å². The van der Waals surface area contributed by atoms with Crippen LogP contribution in [0, 0.1) is 6.92 Å². The van der Waals surface area contributed by atoms with Gasteiger partial charge in [-0.3, -0.25) is 4.79 Å². The van der Waals surface area contributed by atoms with E-state index in [2.05, 4.69) is 10.6 Å². The zero-order valence-corrected chi connectivity index (χ0v) is 20.4. The fraction of sp³-hybridized carbons (Fsp3) is 0.400. The van der Waals surface area contributed by atoms with Crippen LogP contribution in [0.1, 0.15) is 33.2 Å². The first kappa shape index (κ1) is 25.8. The number of aryl methyl sites for hydroxylation is 1. The van der Waals surface area contributed by atoms with Gasteiger partial charge in [0.05, 0.1) is 11.1 Å². The zero-order chi connectivity index (χ0) is 17.8. The second-order valence-corrected chi connectivity index (χ2v) is 4.58. The summed E-state index contributed by atoms with van der Waals surface area (Å²) in [5.41, 5.74) is 0.570. The Balaban J connectivity index is 0. The molecule has 0 spiro atoms. The van der Waals surface area contributed by atoms with E-state index in [1.165, 1.54) is 12.1 Å². The molecule has 0 aromatic heterocycles. The summed E-state index contributed by atoms with van der Waals surface area (Å²) in [5, 5.41) is 32.0. The van der Waals surface area contributed by atoms with Gasteiger partial charge in [-0.1, -0.05) is 6.07 Å². The maximum absolute atomic E-state index is 10.6. The van der Waals surface area contributed by atoms with Crippen molar-refractivity contribution in [1.82, 2.24) is 5.32 Å². The Kier molecular flexibility index (Phi) is 16.0. The molecular weight excluding hydrogens is 437 g/mol. The molecule has 1 aromatic rings. The summed E-state index contributed by atoms with van der Waals surface area (Å²) in [4.78, 5) is 30.1. The van der Waals surface area contributed by atoms with Crippen molar-refractivity contribution in [1.29, 1.82) is 0 Å². The van der Waals surface area contributed by atoms with E-state index < -0.39 is 17.9 Å². The molecule has 0 unspecified atom stereocenters. The van der Waals surface area contributed by atoms with Gasteiger partial charge in [0.15, 0.2) is 0 Å².